The zero-order valence-electron chi connectivity index (χ0n) is 14.1. The first-order chi connectivity index (χ1) is 11.2. The third kappa shape index (κ3) is 4.10. The lowest BCUT2D eigenvalue weighted by atomic mass is 9.78. The molecular weight excluding hydrogens is 306 g/mol. The molecule has 0 unspecified atom stereocenters. The van der Waals surface area contributed by atoms with Gasteiger partial charge in [-0.1, -0.05) is 20.8 Å². The van der Waals surface area contributed by atoms with Crippen LogP contribution in [0.25, 0.3) is 0 Å². The second kappa shape index (κ2) is 6.70. The van der Waals surface area contributed by atoms with Gasteiger partial charge in [-0.25, -0.2) is 0 Å². The van der Waals surface area contributed by atoms with Crippen molar-refractivity contribution in [3.8, 4) is 0 Å². The summed E-state index contributed by atoms with van der Waals surface area (Å²) in [6.45, 7) is 7.75. The van der Waals surface area contributed by atoms with E-state index in [9.17, 15) is 14.9 Å². The van der Waals surface area contributed by atoms with Crippen molar-refractivity contribution in [1.82, 2.24) is 0 Å². The number of carbonyl (C=O) groups is 1. The zero-order valence-corrected chi connectivity index (χ0v) is 14.1. The molecule has 0 N–H and O–H groups in total. The van der Waals surface area contributed by atoms with Gasteiger partial charge in [-0.05, 0) is 47.8 Å². The molecule has 2 rings (SSSR count). The summed E-state index contributed by atoms with van der Waals surface area (Å²) in [6, 6.07) is 5.81. The van der Waals surface area contributed by atoms with Gasteiger partial charge in [0, 0.05) is 17.7 Å². The quantitative estimate of drug-likeness (QED) is 0.442. The van der Waals surface area contributed by atoms with E-state index in [0.717, 1.165) is 11.1 Å². The lowest BCUT2D eigenvalue weighted by molar-refractivity contribution is -0.384. The number of Topliss-reactive ketones (excluding diaryl/α,β-unsaturated/α-hetero) is 1. The number of non-ortho nitro benzene ring substituents is 1. The molecule has 0 radical (unpaired) electrons. The van der Waals surface area contributed by atoms with Gasteiger partial charge >= 0.3 is 0 Å². The molecule has 0 amide bonds. The smallest absolute Gasteiger partial charge is 0.269 e. The molecule has 0 bridgehead atoms. The van der Waals surface area contributed by atoms with Crippen LogP contribution in [-0.4, -0.2) is 10.7 Å². The van der Waals surface area contributed by atoms with Gasteiger partial charge in [0.1, 0.15) is 0 Å². The van der Waals surface area contributed by atoms with Crippen molar-refractivity contribution < 1.29 is 9.72 Å². The molecule has 1 aliphatic carbocycles. The van der Waals surface area contributed by atoms with Gasteiger partial charge in [0.25, 0.3) is 5.69 Å². The van der Waals surface area contributed by atoms with Crippen LogP contribution in [0.5, 0.6) is 0 Å². The van der Waals surface area contributed by atoms with Crippen molar-refractivity contribution in [3.05, 3.63) is 69.5 Å². The van der Waals surface area contributed by atoms with Gasteiger partial charge in [0.2, 0.25) is 0 Å². The number of benzene rings is 1. The van der Waals surface area contributed by atoms with E-state index in [1.165, 1.54) is 24.3 Å². The van der Waals surface area contributed by atoms with Crippen molar-refractivity contribution in [2.24, 2.45) is 15.6 Å². The molecule has 0 saturated heterocycles. The highest BCUT2D eigenvalue weighted by Crippen LogP contribution is 2.32. The van der Waals surface area contributed by atoms with Crippen molar-refractivity contribution >= 4 is 17.2 Å². The Morgan fingerprint density at radius 3 is 2.29 bits per heavy atom. The minimum Gasteiger partial charge on any atom is -0.289 e. The number of rotatable bonds is 3. The van der Waals surface area contributed by atoms with Crippen LogP contribution >= 0.6 is 0 Å². The summed E-state index contributed by atoms with van der Waals surface area (Å²) in [5.41, 5.74) is 2.47. The highest BCUT2D eigenvalue weighted by Gasteiger charge is 2.27. The predicted molar refractivity (Wildman–Crippen MR) is 92.0 cm³/mol. The molecule has 1 aromatic rings. The van der Waals surface area contributed by atoms with Crippen LogP contribution in [0.4, 0.5) is 11.4 Å². The summed E-state index contributed by atoms with van der Waals surface area (Å²) in [6.07, 6.45) is 5.17. The fourth-order valence-corrected chi connectivity index (χ4v) is 2.24. The summed E-state index contributed by atoms with van der Waals surface area (Å²) >= 11 is 0. The second-order valence-corrected chi connectivity index (χ2v) is 6.58. The van der Waals surface area contributed by atoms with E-state index in [0.29, 0.717) is 11.3 Å². The first-order valence-electron chi connectivity index (χ1n) is 7.49. The van der Waals surface area contributed by atoms with Crippen LogP contribution in [0.1, 0.15) is 27.7 Å². The van der Waals surface area contributed by atoms with Crippen LogP contribution in [0.15, 0.2) is 69.6 Å². The van der Waals surface area contributed by atoms with E-state index in [-0.39, 0.29) is 16.9 Å². The standard InChI is InChI=1S/C18H19N3O3/c1-12-9-13(10-16(17(12)22)18(2,3)4)11-19-20-14-5-7-15(8-6-14)21(23)24/h5-11H,1-4H3. The molecule has 1 aliphatic rings. The number of nitro benzene ring substituents is 1. The third-order valence-corrected chi connectivity index (χ3v) is 3.55. The first-order valence-corrected chi connectivity index (χ1v) is 7.49. The largest absolute Gasteiger partial charge is 0.289 e. The van der Waals surface area contributed by atoms with Crippen molar-refractivity contribution in [3.63, 3.8) is 0 Å². The lowest BCUT2D eigenvalue weighted by Crippen LogP contribution is -2.21. The molecule has 0 spiro atoms. The van der Waals surface area contributed by atoms with Crippen LogP contribution in [0.3, 0.4) is 0 Å². The Hall–Kier alpha value is -2.89. The topological polar surface area (TPSA) is 84.9 Å². The summed E-state index contributed by atoms with van der Waals surface area (Å²) < 4.78 is 0. The van der Waals surface area contributed by atoms with Gasteiger partial charge in [-0.15, -0.1) is 0 Å². The van der Waals surface area contributed by atoms with E-state index in [1.54, 1.807) is 19.2 Å². The Morgan fingerprint density at radius 1 is 1.12 bits per heavy atom. The number of carbonyl (C=O) groups excluding carboxylic acids is 1. The molecule has 24 heavy (non-hydrogen) atoms. The highest BCUT2D eigenvalue weighted by molar-refractivity contribution is 6.10. The van der Waals surface area contributed by atoms with Gasteiger partial charge in [-0.3, -0.25) is 14.9 Å². The summed E-state index contributed by atoms with van der Waals surface area (Å²) in [4.78, 5) is 22.4. The number of allylic oxidation sites excluding steroid dienone is 5. The number of hydrogen-bond acceptors (Lipinski definition) is 5. The van der Waals surface area contributed by atoms with Crippen LogP contribution in [0.2, 0.25) is 0 Å². The summed E-state index contributed by atoms with van der Waals surface area (Å²) in [5.74, 6) is 0.0481. The third-order valence-electron chi connectivity index (χ3n) is 3.55. The lowest BCUT2D eigenvalue weighted by Gasteiger charge is -2.24. The number of ketones is 1. The molecule has 0 atom stereocenters. The maximum absolute atomic E-state index is 12.2. The summed E-state index contributed by atoms with van der Waals surface area (Å²) in [5, 5.41) is 18.6. The molecule has 0 aromatic heterocycles. The Labute approximate surface area is 140 Å². The SMILES string of the molecule is CC1=CC(=CN=Nc2ccc([N+](=O)[O-])cc2)C=C(C(C)(C)C)C1=O. The summed E-state index contributed by atoms with van der Waals surface area (Å²) in [7, 11) is 0. The van der Waals surface area contributed by atoms with Crippen LogP contribution < -0.4 is 0 Å². The number of hydrogen-bond donors (Lipinski definition) is 0. The molecule has 0 fully saturated rings. The molecule has 0 saturated carbocycles. The normalized spacial score (nSPS) is 17.2. The Kier molecular flexibility index (Phi) is 4.87. The van der Waals surface area contributed by atoms with Gasteiger partial charge in [-0.2, -0.15) is 10.2 Å². The van der Waals surface area contributed by atoms with Crippen LogP contribution in [-0.2, 0) is 4.79 Å². The Morgan fingerprint density at radius 2 is 1.75 bits per heavy atom. The minimum atomic E-state index is -0.464. The number of azo groups is 1. The molecule has 6 nitrogen and oxygen atoms in total. The average molecular weight is 325 g/mol. The van der Waals surface area contributed by atoms with Gasteiger partial charge < -0.3 is 0 Å². The fraction of sp³-hybridized carbons (Fsp3) is 0.278. The second-order valence-electron chi connectivity index (χ2n) is 6.58. The molecule has 0 aliphatic heterocycles. The average Bonchev–Trinajstić information content (AvgIpc) is 2.50. The molecule has 1 aromatic carbocycles. The van der Waals surface area contributed by atoms with E-state index >= 15 is 0 Å². The molecule has 6 heteroatoms. The van der Waals surface area contributed by atoms with Gasteiger partial charge in [0.05, 0.1) is 16.8 Å². The maximum Gasteiger partial charge on any atom is 0.269 e. The fourth-order valence-electron chi connectivity index (χ4n) is 2.24. The predicted octanol–water partition coefficient (Wildman–Crippen LogP) is 5.06. The number of nitrogens with zero attached hydrogens (tertiary/aromatic N) is 3. The zero-order chi connectivity index (χ0) is 17.9. The molecule has 124 valence electrons. The van der Waals surface area contributed by atoms with E-state index in [4.69, 9.17) is 0 Å². The first kappa shape index (κ1) is 17.5. The van der Waals surface area contributed by atoms with E-state index < -0.39 is 4.92 Å². The Bertz CT molecular complexity index is 792. The van der Waals surface area contributed by atoms with E-state index in [1.807, 2.05) is 26.8 Å². The molecular formula is C18H19N3O3. The van der Waals surface area contributed by atoms with E-state index in [2.05, 4.69) is 10.2 Å². The maximum atomic E-state index is 12.2. The Balaban J connectivity index is 2.22. The van der Waals surface area contributed by atoms with Crippen molar-refractivity contribution in [2.75, 3.05) is 0 Å². The number of nitro groups is 1. The van der Waals surface area contributed by atoms with Crippen LogP contribution in [0, 0.1) is 15.5 Å². The monoisotopic (exact) mass is 325 g/mol. The highest BCUT2D eigenvalue weighted by atomic mass is 16.6. The van der Waals surface area contributed by atoms with Crippen molar-refractivity contribution in [2.45, 2.75) is 27.7 Å². The van der Waals surface area contributed by atoms with Crippen molar-refractivity contribution in [1.29, 1.82) is 0 Å². The minimum absolute atomic E-state index is 0.00871. The van der Waals surface area contributed by atoms with Gasteiger partial charge in [0.15, 0.2) is 5.78 Å². The molecule has 0 heterocycles.